The summed E-state index contributed by atoms with van der Waals surface area (Å²) in [5.74, 6) is 0. The smallest absolute Gasteiger partial charge is 0.123 e. The molecule has 0 aliphatic rings. The number of rotatable bonds is 7. The highest BCUT2D eigenvalue weighted by Crippen LogP contribution is 2.31. The highest BCUT2D eigenvalue weighted by molar-refractivity contribution is 7.15. The van der Waals surface area contributed by atoms with Gasteiger partial charge in [0.1, 0.15) is 5.01 Å². The van der Waals surface area contributed by atoms with Crippen molar-refractivity contribution in [3.05, 3.63) is 59.6 Å². The molecule has 0 bridgehead atoms. The number of nitrogens with zero attached hydrogens (tertiary/aromatic N) is 3. The molecule has 0 radical (unpaired) electrons. The van der Waals surface area contributed by atoms with Crippen LogP contribution in [-0.4, -0.2) is 21.1 Å². The zero-order valence-corrected chi connectivity index (χ0v) is 14.4. The number of benzene rings is 1. The highest BCUT2D eigenvalue weighted by Gasteiger charge is 2.14. The molecule has 5 heteroatoms. The van der Waals surface area contributed by atoms with Crippen LogP contribution in [0.4, 0.5) is 0 Å². The SMILES string of the molecule is Cc1nc(-c2ccccc2)sc1[C@@H](C)NCCCn1ccnc1. The summed E-state index contributed by atoms with van der Waals surface area (Å²) in [5.41, 5.74) is 2.32. The minimum Gasteiger partial charge on any atom is -0.337 e. The summed E-state index contributed by atoms with van der Waals surface area (Å²) in [6.45, 7) is 6.29. The van der Waals surface area contributed by atoms with Crippen molar-refractivity contribution in [1.82, 2.24) is 19.9 Å². The van der Waals surface area contributed by atoms with Crippen molar-refractivity contribution in [2.45, 2.75) is 32.9 Å². The van der Waals surface area contributed by atoms with E-state index in [1.165, 1.54) is 10.4 Å². The fraction of sp³-hybridized carbons (Fsp3) is 0.333. The third kappa shape index (κ3) is 4.06. The van der Waals surface area contributed by atoms with E-state index in [1.54, 1.807) is 11.3 Å². The van der Waals surface area contributed by atoms with E-state index in [1.807, 2.05) is 24.8 Å². The van der Waals surface area contributed by atoms with E-state index >= 15 is 0 Å². The highest BCUT2D eigenvalue weighted by atomic mass is 32.1. The van der Waals surface area contributed by atoms with Crippen LogP contribution >= 0.6 is 11.3 Å². The van der Waals surface area contributed by atoms with Crippen LogP contribution in [0.25, 0.3) is 10.6 Å². The number of hydrogen-bond acceptors (Lipinski definition) is 4. The van der Waals surface area contributed by atoms with Gasteiger partial charge < -0.3 is 9.88 Å². The predicted octanol–water partition coefficient (Wildman–Crippen LogP) is 4.06. The maximum Gasteiger partial charge on any atom is 0.123 e. The van der Waals surface area contributed by atoms with E-state index in [4.69, 9.17) is 4.98 Å². The topological polar surface area (TPSA) is 42.7 Å². The van der Waals surface area contributed by atoms with Crippen LogP contribution in [0.3, 0.4) is 0 Å². The van der Waals surface area contributed by atoms with Gasteiger partial charge in [0.15, 0.2) is 0 Å². The first kappa shape index (κ1) is 15.9. The summed E-state index contributed by atoms with van der Waals surface area (Å²) in [5, 5.41) is 4.71. The Morgan fingerprint density at radius 1 is 1.26 bits per heavy atom. The molecule has 0 aliphatic heterocycles. The minimum absolute atomic E-state index is 0.327. The predicted molar refractivity (Wildman–Crippen MR) is 95.5 cm³/mol. The van der Waals surface area contributed by atoms with Crippen LogP contribution in [0, 0.1) is 6.92 Å². The average molecular weight is 326 g/mol. The summed E-state index contributed by atoms with van der Waals surface area (Å²) in [6.07, 6.45) is 6.78. The normalized spacial score (nSPS) is 12.4. The summed E-state index contributed by atoms with van der Waals surface area (Å²) in [6, 6.07) is 10.7. The number of imidazole rings is 1. The second-order valence-corrected chi connectivity index (χ2v) is 6.70. The first-order valence-corrected chi connectivity index (χ1v) is 8.77. The van der Waals surface area contributed by atoms with Gasteiger partial charge >= 0.3 is 0 Å². The maximum atomic E-state index is 4.74. The van der Waals surface area contributed by atoms with Gasteiger partial charge in [-0.05, 0) is 26.8 Å². The van der Waals surface area contributed by atoms with E-state index in [0.717, 1.165) is 30.2 Å². The second kappa shape index (κ2) is 7.53. The number of nitrogens with one attached hydrogen (secondary N) is 1. The number of aryl methyl sites for hydroxylation is 2. The molecule has 3 rings (SSSR count). The molecule has 0 aliphatic carbocycles. The summed E-state index contributed by atoms with van der Waals surface area (Å²) in [4.78, 5) is 10.1. The number of aromatic nitrogens is 3. The quantitative estimate of drug-likeness (QED) is 0.666. The second-order valence-electron chi connectivity index (χ2n) is 5.66. The molecule has 1 N–H and O–H groups in total. The molecule has 0 unspecified atom stereocenters. The van der Waals surface area contributed by atoms with Crippen LogP contribution < -0.4 is 5.32 Å². The molecule has 3 aromatic rings. The fourth-order valence-corrected chi connectivity index (χ4v) is 3.70. The summed E-state index contributed by atoms with van der Waals surface area (Å²) < 4.78 is 2.11. The Balaban J connectivity index is 1.57. The van der Waals surface area contributed by atoms with Crippen molar-refractivity contribution < 1.29 is 0 Å². The summed E-state index contributed by atoms with van der Waals surface area (Å²) >= 11 is 1.79. The fourth-order valence-electron chi connectivity index (χ4n) is 2.61. The Kier molecular flexibility index (Phi) is 5.20. The largest absolute Gasteiger partial charge is 0.337 e. The van der Waals surface area contributed by atoms with Gasteiger partial charge in [0.25, 0.3) is 0 Å². The monoisotopic (exact) mass is 326 g/mol. The van der Waals surface area contributed by atoms with Crippen LogP contribution in [-0.2, 0) is 6.54 Å². The lowest BCUT2D eigenvalue weighted by atomic mass is 10.2. The van der Waals surface area contributed by atoms with Crippen molar-refractivity contribution in [1.29, 1.82) is 0 Å². The Morgan fingerprint density at radius 3 is 2.83 bits per heavy atom. The molecule has 0 fully saturated rings. The molecule has 0 spiro atoms. The Labute approximate surface area is 141 Å². The van der Waals surface area contributed by atoms with Gasteiger partial charge in [-0.1, -0.05) is 30.3 Å². The standard InChI is InChI=1S/C18H22N4S/c1-14(20-9-6-11-22-12-10-19-13-22)17-15(2)21-18(23-17)16-7-4-3-5-8-16/h3-5,7-8,10,12-14,20H,6,9,11H2,1-2H3/t14-/m1/s1. The van der Waals surface area contributed by atoms with Gasteiger partial charge in [-0.2, -0.15) is 0 Å². The van der Waals surface area contributed by atoms with Gasteiger partial charge in [0.05, 0.1) is 12.0 Å². The van der Waals surface area contributed by atoms with Gasteiger partial charge in [-0.3, -0.25) is 0 Å². The molecule has 0 amide bonds. The zero-order chi connectivity index (χ0) is 16.1. The molecule has 1 aromatic carbocycles. The van der Waals surface area contributed by atoms with E-state index in [9.17, 15) is 0 Å². The van der Waals surface area contributed by atoms with Crippen molar-refractivity contribution in [3.63, 3.8) is 0 Å². The van der Waals surface area contributed by atoms with E-state index in [0.29, 0.717) is 6.04 Å². The molecule has 4 nitrogen and oxygen atoms in total. The maximum absolute atomic E-state index is 4.74. The summed E-state index contributed by atoms with van der Waals surface area (Å²) in [7, 11) is 0. The van der Waals surface area contributed by atoms with Gasteiger partial charge in [0.2, 0.25) is 0 Å². The van der Waals surface area contributed by atoms with Crippen molar-refractivity contribution in [2.75, 3.05) is 6.54 Å². The van der Waals surface area contributed by atoms with Gasteiger partial charge in [0, 0.05) is 35.4 Å². The van der Waals surface area contributed by atoms with Crippen molar-refractivity contribution in [3.8, 4) is 10.6 Å². The third-order valence-electron chi connectivity index (χ3n) is 3.85. The molecule has 23 heavy (non-hydrogen) atoms. The van der Waals surface area contributed by atoms with Crippen LogP contribution in [0.5, 0.6) is 0 Å². The molecular formula is C18H22N4S. The molecule has 0 saturated carbocycles. The molecule has 2 aromatic heterocycles. The molecular weight excluding hydrogens is 304 g/mol. The van der Waals surface area contributed by atoms with Gasteiger partial charge in [-0.25, -0.2) is 9.97 Å². The first-order chi connectivity index (χ1) is 11.2. The molecule has 2 heterocycles. The lowest BCUT2D eigenvalue weighted by Crippen LogP contribution is -2.20. The van der Waals surface area contributed by atoms with Crippen molar-refractivity contribution in [2.24, 2.45) is 0 Å². The van der Waals surface area contributed by atoms with Crippen LogP contribution in [0.2, 0.25) is 0 Å². The molecule has 120 valence electrons. The lowest BCUT2D eigenvalue weighted by molar-refractivity contribution is 0.529. The van der Waals surface area contributed by atoms with E-state index < -0.39 is 0 Å². The van der Waals surface area contributed by atoms with Crippen molar-refractivity contribution >= 4 is 11.3 Å². The average Bonchev–Trinajstić information content (AvgIpc) is 3.22. The zero-order valence-electron chi connectivity index (χ0n) is 13.6. The van der Waals surface area contributed by atoms with Gasteiger partial charge in [-0.15, -0.1) is 11.3 Å². The first-order valence-electron chi connectivity index (χ1n) is 7.96. The molecule has 0 saturated heterocycles. The third-order valence-corrected chi connectivity index (χ3v) is 5.24. The molecule has 1 atom stereocenters. The Bertz CT molecular complexity index is 719. The number of hydrogen-bond donors (Lipinski definition) is 1. The van der Waals surface area contributed by atoms with E-state index in [-0.39, 0.29) is 0 Å². The van der Waals surface area contributed by atoms with E-state index in [2.05, 4.69) is 53.0 Å². The minimum atomic E-state index is 0.327. The number of thiazole rings is 1. The lowest BCUT2D eigenvalue weighted by Gasteiger charge is -2.12. The van der Waals surface area contributed by atoms with Crippen LogP contribution in [0.1, 0.15) is 30.0 Å². The Morgan fingerprint density at radius 2 is 2.09 bits per heavy atom. The Hall–Kier alpha value is -1.98. The van der Waals surface area contributed by atoms with Crippen LogP contribution in [0.15, 0.2) is 49.1 Å².